The quantitative estimate of drug-likeness (QED) is 0.153. The van der Waals surface area contributed by atoms with Gasteiger partial charge in [0, 0.05) is 26.6 Å². The number of amides is 1. The van der Waals surface area contributed by atoms with Crippen LogP contribution < -0.4 is 20.5 Å². The molecule has 0 atom stereocenters. The Hall–Kier alpha value is -4.18. The number of nitrogens with one attached hydrogen (secondary N) is 1. The van der Waals surface area contributed by atoms with Crippen molar-refractivity contribution in [2.45, 2.75) is 20.1 Å². The molecule has 2 aromatic heterocycles. The largest absolute Gasteiger partial charge is 0.493 e. The van der Waals surface area contributed by atoms with Crippen LogP contribution in [0.25, 0.3) is 21.3 Å². The summed E-state index contributed by atoms with van der Waals surface area (Å²) in [5.74, 6) is 0.486. The lowest BCUT2D eigenvalue weighted by Gasteiger charge is -2.13. The molecule has 0 aliphatic heterocycles. The normalized spacial score (nSPS) is 11.2. The molecule has 0 unspecified atom stereocenters. The number of thiophene rings is 1. The number of hydrogen-bond acceptors (Lipinski definition) is 7. The zero-order valence-electron chi connectivity index (χ0n) is 22.1. The second-order valence-electron chi connectivity index (χ2n) is 9.07. The molecule has 1 amide bonds. The average molecular weight is 608 g/mol. The first-order valence-corrected chi connectivity index (χ1v) is 14.1. The van der Waals surface area contributed by atoms with Crippen molar-refractivity contribution in [2.24, 2.45) is 5.10 Å². The molecule has 0 saturated heterocycles. The minimum absolute atomic E-state index is 0.163. The average Bonchev–Trinajstić information content (AvgIpc) is 3.40. The summed E-state index contributed by atoms with van der Waals surface area (Å²) in [5, 5.41) is 7.45. The Morgan fingerprint density at radius 2 is 1.85 bits per heavy atom. The van der Waals surface area contributed by atoms with E-state index in [1.54, 1.807) is 36.4 Å². The number of aromatic nitrogens is 2. The number of nitrogens with zero attached hydrogens (tertiary/aromatic N) is 3. The van der Waals surface area contributed by atoms with Crippen molar-refractivity contribution >= 4 is 56.9 Å². The van der Waals surface area contributed by atoms with Crippen molar-refractivity contribution in [1.29, 1.82) is 0 Å². The molecular weight excluding hydrogens is 583 g/mol. The molecule has 0 radical (unpaired) electrons. The van der Waals surface area contributed by atoms with Gasteiger partial charge >= 0.3 is 0 Å². The van der Waals surface area contributed by atoms with Crippen molar-refractivity contribution < 1.29 is 14.3 Å². The summed E-state index contributed by atoms with van der Waals surface area (Å²) >= 11 is 13.8. The van der Waals surface area contributed by atoms with Crippen molar-refractivity contribution in [2.75, 3.05) is 7.11 Å². The summed E-state index contributed by atoms with van der Waals surface area (Å²) in [7, 11) is 1.52. The Morgan fingerprint density at radius 3 is 2.59 bits per heavy atom. The van der Waals surface area contributed by atoms with Crippen LogP contribution in [0.5, 0.6) is 11.5 Å². The topological polar surface area (TPSA) is 94.8 Å². The third-order valence-electron chi connectivity index (χ3n) is 6.26. The number of carbonyl (C=O) groups is 1. The maximum absolute atomic E-state index is 13.2. The summed E-state index contributed by atoms with van der Waals surface area (Å²) in [6, 6.07) is 18.4. The van der Waals surface area contributed by atoms with E-state index in [1.165, 1.54) is 35.6 Å². The number of methoxy groups -OCH3 is 1. The Morgan fingerprint density at radius 1 is 1.10 bits per heavy atom. The predicted octanol–water partition coefficient (Wildman–Crippen LogP) is 6.48. The van der Waals surface area contributed by atoms with Crippen LogP contribution in [-0.2, 0) is 17.9 Å². The van der Waals surface area contributed by atoms with E-state index in [-0.39, 0.29) is 18.7 Å². The molecular formula is C30H24Cl2N4O4S. The number of fused-ring (bicyclic) bond motifs is 1. The van der Waals surface area contributed by atoms with Crippen molar-refractivity contribution in [3.63, 3.8) is 0 Å². The van der Waals surface area contributed by atoms with E-state index in [0.717, 1.165) is 16.7 Å². The van der Waals surface area contributed by atoms with Crippen LogP contribution in [0.2, 0.25) is 10.0 Å². The molecule has 3 aromatic carbocycles. The van der Waals surface area contributed by atoms with Gasteiger partial charge in [0.15, 0.2) is 11.5 Å². The molecule has 0 aliphatic carbocycles. The van der Waals surface area contributed by atoms with E-state index in [4.69, 9.17) is 32.7 Å². The van der Waals surface area contributed by atoms with E-state index < -0.39 is 5.91 Å². The fraction of sp³-hybridized carbons (Fsp3) is 0.133. The summed E-state index contributed by atoms with van der Waals surface area (Å²) < 4.78 is 12.6. The summed E-state index contributed by atoms with van der Waals surface area (Å²) in [5.41, 5.74) is 6.35. The van der Waals surface area contributed by atoms with Crippen molar-refractivity contribution in [3.8, 4) is 22.6 Å². The van der Waals surface area contributed by atoms with E-state index in [2.05, 4.69) is 15.5 Å². The van der Waals surface area contributed by atoms with Crippen LogP contribution >= 0.6 is 34.5 Å². The van der Waals surface area contributed by atoms with Gasteiger partial charge in [-0.3, -0.25) is 14.2 Å². The summed E-state index contributed by atoms with van der Waals surface area (Å²) in [6.45, 7) is 1.94. The zero-order chi connectivity index (χ0) is 28.9. The number of aryl methyl sites for hydroxylation is 1. The molecule has 208 valence electrons. The van der Waals surface area contributed by atoms with E-state index in [0.29, 0.717) is 42.9 Å². The lowest BCUT2D eigenvalue weighted by molar-refractivity contribution is -0.121. The molecule has 0 aliphatic rings. The molecule has 1 N–H and O–H groups in total. The van der Waals surface area contributed by atoms with E-state index >= 15 is 0 Å². The number of halogens is 2. The maximum Gasteiger partial charge on any atom is 0.263 e. The first-order valence-electron chi connectivity index (χ1n) is 12.4. The molecule has 0 fully saturated rings. The molecule has 0 saturated carbocycles. The van der Waals surface area contributed by atoms with Gasteiger partial charge in [-0.15, -0.1) is 11.3 Å². The van der Waals surface area contributed by atoms with E-state index in [1.807, 2.05) is 36.6 Å². The smallest absolute Gasteiger partial charge is 0.263 e. The first kappa shape index (κ1) is 28.4. The number of hydrazone groups is 1. The molecule has 5 aromatic rings. The predicted molar refractivity (Wildman–Crippen MR) is 164 cm³/mol. The minimum Gasteiger partial charge on any atom is -0.493 e. The van der Waals surface area contributed by atoms with Gasteiger partial charge in [-0.1, -0.05) is 59.1 Å². The highest BCUT2D eigenvalue weighted by molar-refractivity contribution is 7.17. The van der Waals surface area contributed by atoms with Crippen LogP contribution in [0.15, 0.2) is 82.3 Å². The number of ether oxygens (including phenoxy) is 2. The fourth-order valence-electron chi connectivity index (χ4n) is 4.10. The first-order chi connectivity index (χ1) is 19.8. The van der Waals surface area contributed by atoms with Gasteiger partial charge in [0.05, 0.1) is 25.0 Å². The van der Waals surface area contributed by atoms with Crippen LogP contribution in [0.4, 0.5) is 0 Å². The lowest BCUT2D eigenvalue weighted by atomic mass is 10.1. The number of hydrogen-bond donors (Lipinski definition) is 1. The summed E-state index contributed by atoms with van der Waals surface area (Å²) in [4.78, 5) is 30.8. The molecule has 0 spiro atoms. The molecule has 41 heavy (non-hydrogen) atoms. The third-order valence-corrected chi connectivity index (χ3v) is 7.86. The van der Waals surface area contributed by atoms with Gasteiger partial charge in [-0.25, -0.2) is 10.4 Å². The Bertz CT molecular complexity index is 1800. The van der Waals surface area contributed by atoms with Crippen LogP contribution in [0.3, 0.4) is 0 Å². The molecule has 11 heteroatoms. The number of carbonyl (C=O) groups excluding carboxylic acids is 1. The molecule has 0 bridgehead atoms. The van der Waals surface area contributed by atoms with E-state index in [9.17, 15) is 9.59 Å². The highest BCUT2D eigenvalue weighted by atomic mass is 35.5. The second kappa shape index (κ2) is 12.6. The fourth-order valence-corrected chi connectivity index (χ4v) is 5.51. The van der Waals surface area contributed by atoms with Gasteiger partial charge < -0.3 is 9.47 Å². The van der Waals surface area contributed by atoms with Crippen molar-refractivity contribution in [3.05, 3.63) is 109 Å². The Kier molecular flexibility index (Phi) is 8.68. The standard InChI is InChI=1S/C30H24Cl2N4O4S/c1-18-6-9-20(10-7-18)22-16-41-29-28(22)30(38)36(17-33-29)14-27(37)35-34-13-19-8-11-25(26(12-19)39-2)40-15-21-23(31)4-3-5-24(21)32/h3-13,16-17H,14-15H2,1-2H3,(H,35,37)/b34-13+. The van der Waals surface area contributed by atoms with Crippen molar-refractivity contribution in [1.82, 2.24) is 15.0 Å². The highest BCUT2D eigenvalue weighted by Crippen LogP contribution is 2.32. The maximum atomic E-state index is 13.2. The number of rotatable bonds is 9. The summed E-state index contributed by atoms with van der Waals surface area (Å²) in [6.07, 6.45) is 2.84. The van der Waals surface area contributed by atoms with Crippen LogP contribution in [-0.4, -0.2) is 28.8 Å². The lowest BCUT2D eigenvalue weighted by Crippen LogP contribution is -2.30. The van der Waals surface area contributed by atoms with Gasteiger partial charge in [0.25, 0.3) is 11.5 Å². The Labute approximate surface area is 249 Å². The van der Waals surface area contributed by atoms with Crippen LogP contribution in [0.1, 0.15) is 16.7 Å². The van der Waals surface area contributed by atoms with Crippen LogP contribution in [0, 0.1) is 6.92 Å². The third kappa shape index (κ3) is 6.43. The minimum atomic E-state index is -0.472. The van der Waals surface area contributed by atoms with Gasteiger partial charge in [-0.05, 0) is 48.4 Å². The Balaban J connectivity index is 1.25. The SMILES string of the molecule is COc1cc(/C=N/NC(=O)Cn2cnc3scc(-c4ccc(C)cc4)c3c2=O)ccc1OCc1c(Cl)cccc1Cl. The zero-order valence-corrected chi connectivity index (χ0v) is 24.4. The number of benzene rings is 3. The van der Waals surface area contributed by atoms with Gasteiger partial charge in [0.2, 0.25) is 0 Å². The second-order valence-corrected chi connectivity index (χ2v) is 10.7. The van der Waals surface area contributed by atoms with Gasteiger partial charge in [-0.2, -0.15) is 5.10 Å². The monoisotopic (exact) mass is 606 g/mol. The molecule has 2 heterocycles. The molecule has 8 nitrogen and oxygen atoms in total. The van der Waals surface area contributed by atoms with Gasteiger partial charge in [0.1, 0.15) is 18.0 Å². The molecule has 5 rings (SSSR count). The highest BCUT2D eigenvalue weighted by Gasteiger charge is 2.15.